The predicted molar refractivity (Wildman–Crippen MR) is 416 cm³/mol. The third-order valence-electron chi connectivity index (χ3n) is 16.4. The molecule has 6 heterocycles. The average molecular weight is 1640 g/mol. The van der Waals surface area contributed by atoms with Crippen molar-refractivity contribution >= 4 is 93.5 Å². The molecule has 2 aromatic carbocycles. The Morgan fingerprint density at radius 1 is 0.773 bits per heavy atom. The number of fused-ring (bicyclic) bond motifs is 2. The number of rotatable bonds is 36. The summed E-state index contributed by atoms with van der Waals surface area (Å²) in [5.74, 6) is 1.13. The van der Waals surface area contributed by atoms with Crippen molar-refractivity contribution in [2.24, 2.45) is 26.5 Å². The Labute approximate surface area is 654 Å². The monoisotopic (exact) mass is 1640 g/mol. The van der Waals surface area contributed by atoms with Crippen LogP contribution in [0.25, 0.3) is 11.2 Å². The molecule has 0 bridgehead atoms. The maximum atomic E-state index is 12.5. The quantitative estimate of drug-likeness (QED) is 0.0103. The van der Waals surface area contributed by atoms with E-state index in [1.807, 2.05) is 33.8 Å². The van der Waals surface area contributed by atoms with Crippen molar-refractivity contribution < 1.29 is 94.6 Å². The Balaban J connectivity index is 0.000000303. The number of aliphatic imine (C=N–C) groups is 2. The number of allylic oxidation sites excluding steroid dienone is 2. The van der Waals surface area contributed by atoms with Crippen LogP contribution in [0.5, 0.6) is 0 Å². The van der Waals surface area contributed by atoms with E-state index >= 15 is 0 Å². The third kappa shape index (κ3) is 34.9. The van der Waals surface area contributed by atoms with E-state index in [2.05, 4.69) is 180 Å². The number of guanidine groups is 1. The summed E-state index contributed by atoms with van der Waals surface area (Å²) in [6.45, 7) is 32.7. The smallest absolute Gasteiger partial charge is 0.274 e. The number of nitrogens with two attached hydrogens (primary N) is 2. The largest absolute Gasteiger partial charge is 0.790 e. The highest BCUT2D eigenvalue weighted by molar-refractivity contribution is 8.00. The lowest BCUT2D eigenvalue weighted by atomic mass is 9.87. The zero-order valence-corrected chi connectivity index (χ0v) is 69.8. The molecule has 9 atom stereocenters. The van der Waals surface area contributed by atoms with E-state index in [-0.39, 0.29) is 57.7 Å². The van der Waals surface area contributed by atoms with E-state index in [1.165, 1.54) is 50.1 Å². The number of nitrogen functional groups attached to an aromatic ring is 1. The van der Waals surface area contributed by atoms with Crippen LogP contribution in [0.2, 0.25) is 0 Å². The van der Waals surface area contributed by atoms with Gasteiger partial charge in [0.2, 0.25) is 18.2 Å². The van der Waals surface area contributed by atoms with Crippen molar-refractivity contribution in [3.05, 3.63) is 113 Å². The molecule has 3 aliphatic heterocycles. The van der Waals surface area contributed by atoms with Crippen LogP contribution in [0, 0.1) is 10.8 Å². The number of nitrogens with one attached hydrogen (secondary N) is 5. The molecule has 1 fully saturated rings. The minimum absolute atomic E-state index is 0.0296. The predicted octanol–water partition coefficient (Wildman–Crippen LogP) is 8.29. The molecular weight excluding hydrogens is 1530 g/mol. The Bertz CT molecular complexity index is 3900. The van der Waals surface area contributed by atoms with E-state index in [0.29, 0.717) is 42.7 Å². The van der Waals surface area contributed by atoms with E-state index in [9.17, 15) is 53.1 Å². The van der Waals surface area contributed by atoms with E-state index < -0.39 is 84.9 Å². The van der Waals surface area contributed by atoms with Crippen LogP contribution >= 0.6 is 46.8 Å². The normalized spacial score (nSPS) is 19.4. The molecule has 618 valence electrons. The molecule has 11 N–H and O–H groups in total. The number of H-pyrrole nitrogens is 1. The van der Waals surface area contributed by atoms with Crippen molar-refractivity contribution in [1.82, 2.24) is 40.5 Å². The fourth-order valence-corrected chi connectivity index (χ4v) is 13.8. The molecule has 2 amide bonds. The number of carbonyl (C=O) groups is 2. The fraction of sp³-hybridized carbons (Fsp3) is 0.625. The Hall–Kier alpha value is -5.78. The highest BCUT2D eigenvalue weighted by Crippen LogP contribution is 2.57. The molecule has 110 heavy (non-hydrogen) atoms. The van der Waals surface area contributed by atoms with Gasteiger partial charge >= 0.3 is 0 Å². The summed E-state index contributed by atoms with van der Waals surface area (Å²) in [5, 5.41) is 32.4. The zero-order chi connectivity index (χ0) is 81.9. The lowest BCUT2D eigenvalue weighted by Gasteiger charge is -2.36. The Morgan fingerprint density at radius 3 is 1.97 bits per heavy atom. The second kappa shape index (κ2) is 43.6. The number of hydrogen-bond donors (Lipinski definition) is 9. The van der Waals surface area contributed by atoms with Crippen molar-refractivity contribution in [2.75, 3.05) is 75.4 Å². The number of unbranched alkanes of at least 4 members (excludes halogenated alkanes) is 3. The van der Waals surface area contributed by atoms with Gasteiger partial charge in [-0.15, -0.1) is 11.6 Å². The van der Waals surface area contributed by atoms with Gasteiger partial charge in [-0.05, 0) is 76.8 Å². The number of ether oxygens (including phenoxy) is 5. The van der Waals surface area contributed by atoms with E-state index in [0.717, 1.165) is 85.0 Å². The van der Waals surface area contributed by atoms with Crippen LogP contribution in [0.4, 0.5) is 11.5 Å². The van der Waals surface area contributed by atoms with Crippen LogP contribution in [0.3, 0.4) is 0 Å². The number of carbonyl (C=O) groups excluding carboxylic acids is 2. The standard InChI is InChI=1S/C26H45N6O16P3S.C16H21N5O.C16H22N2O.C14H29ClO2/c1-25(2,3)52-11-10-28-17(33)7-9-30-23(36)21(35)26(4,5)13-45-51(42,43)48-50(40,41)44-12-16-20(47-49(37,38)39)19(34)24(46-16)32-14-31-18-15(27)6-8-29-22(18)32;1-16(2,3)11-6-4-10(5-7-11)8-22-14-12-13(19-9-18-12)20-15(17)21-14;1-12-9-10-17-15(18-12)19-11-13-5-7-14(8-6-13)16(2,3)4;1-14(2,3)8-11-17-13-12-16-10-7-5-4-6-9-15/h6,8,14,16,19-21,24,34-35H,7,9-13H2,1-5H3,(H2,27,29)(H,28,33)(H,30,36)(H,40,41)(H,42,43)(H2,37,38,39);4-7,9,14H,8H2,1-3H3,(H,18,19)(H3,17,20,21);5-10,15,18H,11H2,1-4H3;4-13H2,1-3H3/p-4/t16-,19+,20?,21?,24-;;;/m1.../s1. The van der Waals surface area contributed by atoms with Crippen LogP contribution in [-0.4, -0.2) is 159 Å². The number of benzene rings is 2. The van der Waals surface area contributed by atoms with Gasteiger partial charge in [-0.25, -0.2) is 29.2 Å². The molecule has 0 radical (unpaired) electrons. The summed E-state index contributed by atoms with van der Waals surface area (Å²) >= 11 is 7.25. The fourth-order valence-electron chi connectivity index (χ4n) is 10.1. The number of halogens is 1. The van der Waals surface area contributed by atoms with E-state index in [4.69, 9.17) is 46.8 Å². The van der Waals surface area contributed by atoms with E-state index in [1.54, 1.807) is 24.3 Å². The summed E-state index contributed by atoms with van der Waals surface area (Å²) in [5.41, 5.74) is 17.8. The second-order valence-electron chi connectivity index (χ2n) is 31.0. The minimum Gasteiger partial charge on any atom is -0.790 e. The maximum absolute atomic E-state index is 12.5. The number of aromatic nitrogens is 5. The zero-order valence-electron chi connectivity index (χ0n) is 65.6. The van der Waals surface area contributed by atoms with Crippen LogP contribution < -0.4 is 52.3 Å². The van der Waals surface area contributed by atoms with Gasteiger partial charge in [0.05, 0.1) is 65.8 Å². The van der Waals surface area contributed by atoms with Gasteiger partial charge in [0.25, 0.3) is 15.6 Å². The first-order chi connectivity index (χ1) is 51.2. The Morgan fingerprint density at radius 2 is 1.38 bits per heavy atom. The number of phosphoric ester groups is 3. The number of hydrogen-bond acceptors (Lipinski definition) is 30. The summed E-state index contributed by atoms with van der Waals surface area (Å²) in [4.78, 5) is 95.9. The van der Waals surface area contributed by atoms with Gasteiger partial charge < -0.3 is 109 Å². The molecule has 8 rings (SSSR count). The third-order valence-corrected chi connectivity index (χ3v) is 21.0. The van der Waals surface area contributed by atoms with Crippen molar-refractivity contribution in [1.29, 1.82) is 0 Å². The lowest BCUT2D eigenvalue weighted by Crippen LogP contribution is -2.46. The number of pyridine rings is 1. The average Bonchev–Trinajstić information content (AvgIpc) is 1.62. The maximum Gasteiger partial charge on any atom is 0.274 e. The number of phosphoric acid groups is 3. The summed E-state index contributed by atoms with van der Waals surface area (Å²) < 4.78 is 83.1. The summed E-state index contributed by atoms with van der Waals surface area (Å²) in [7, 11) is -17.5. The van der Waals surface area contributed by atoms with Crippen LogP contribution in [0.15, 0.2) is 95.2 Å². The minimum atomic E-state index is -5.88. The first-order valence-corrected chi connectivity index (χ1v) is 42.0. The van der Waals surface area contributed by atoms with Crippen molar-refractivity contribution in [3.63, 3.8) is 0 Å². The van der Waals surface area contributed by atoms with Gasteiger partial charge in [0, 0.05) is 72.6 Å². The van der Waals surface area contributed by atoms with Gasteiger partial charge in [-0.1, -0.05) is 158 Å². The summed E-state index contributed by atoms with van der Waals surface area (Å²) in [6, 6.07) is 18.4. The number of aliphatic hydroxyl groups excluding tert-OH is 2. The SMILES string of the molecule is CC(C)(C)CCOCCOCCCCCCCl.CC(C)(C)SCCNC(=O)CCNC(=O)C(O)C(C)(C)COP(=O)([O-])OP(=O)([O-])OC[C@H]1O[C@@H](n2cnc3c(N)ccnc32)[C@@H](O)C1OP(=O)([O-])[O-].CC(C)(C)c1ccc(COC2N=C(N)Nc3nc[nH]c32)cc1.CC1=CC=NC(OCc2ccc(C(C)(C)C)cc2)N1. The second-order valence-corrected chi connectivity index (χ2v) is 37.4. The van der Waals surface area contributed by atoms with Crippen LogP contribution in [0.1, 0.15) is 183 Å². The molecule has 1 saturated heterocycles. The lowest BCUT2D eigenvalue weighted by molar-refractivity contribution is -0.347. The number of imidazole rings is 2. The van der Waals surface area contributed by atoms with Crippen molar-refractivity contribution in [2.45, 2.75) is 214 Å². The van der Waals surface area contributed by atoms with Gasteiger partial charge in [-0.3, -0.25) is 23.3 Å². The number of aromatic amines is 1. The highest BCUT2D eigenvalue weighted by atomic mass is 35.5. The van der Waals surface area contributed by atoms with Gasteiger partial charge in [-0.2, -0.15) is 11.8 Å². The molecule has 3 aliphatic rings. The molecule has 6 unspecified atom stereocenters. The summed E-state index contributed by atoms with van der Waals surface area (Å²) in [6.07, 6.45) is 3.36. The van der Waals surface area contributed by atoms with Gasteiger partial charge in [0.1, 0.15) is 35.6 Å². The number of amides is 2. The molecule has 0 aliphatic carbocycles. The van der Waals surface area contributed by atoms with Crippen molar-refractivity contribution in [3.8, 4) is 0 Å². The molecule has 3 aromatic heterocycles. The Kier molecular flexibility index (Phi) is 37.6. The van der Waals surface area contributed by atoms with Gasteiger partial charge in [0.15, 0.2) is 29.9 Å². The molecule has 0 saturated carbocycles. The molecule has 38 heteroatoms. The topological polar surface area (TPSA) is 485 Å². The number of aliphatic hydroxyl groups is 2. The molecule has 5 aromatic rings. The number of nitrogens with zero attached hydrogens (tertiary/aromatic N) is 6. The molecular formula is C72H113ClN13O20P3S-4. The first kappa shape index (κ1) is 94.8. The van der Waals surface area contributed by atoms with Crippen LogP contribution in [-0.2, 0) is 88.9 Å². The molecule has 0 spiro atoms. The number of anilines is 2. The highest BCUT2D eigenvalue weighted by Gasteiger charge is 2.48. The number of alkyl halides is 1. The molecule has 33 nitrogen and oxygen atoms in total. The first-order valence-electron chi connectivity index (χ1n) is 36.1. The number of thioether (sulfide) groups is 1.